The SMILES string of the molecule is CCN1CCN(c2nccc(N3CCN(c4ccccc4)CC3)n2)CC1. The molecule has 0 atom stereocenters. The van der Waals surface area contributed by atoms with Crippen molar-refractivity contribution in [3.63, 3.8) is 0 Å². The predicted octanol–water partition coefficient (Wildman–Crippen LogP) is 1.95. The number of aromatic nitrogens is 2. The quantitative estimate of drug-likeness (QED) is 0.837. The fraction of sp³-hybridized carbons (Fsp3) is 0.500. The highest BCUT2D eigenvalue weighted by molar-refractivity contribution is 5.50. The van der Waals surface area contributed by atoms with Crippen LogP contribution in [0.5, 0.6) is 0 Å². The van der Waals surface area contributed by atoms with Crippen LogP contribution < -0.4 is 14.7 Å². The van der Waals surface area contributed by atoms with Crippen LogP contribution in [0.2, 0.25) is 0 Å². The Bertz CT molecular complexity index is 690. The second-order valence-corrected chi connectivity index (χ2v) is 6.95. The lowest BCUT2D eigenvalue weighted by Gasteiger charge is -2.37. The van der Waals surface area contributed by atoms with Gasteiger partial charge in [-0.15, -0.1) is 0 Å². The molecule has 0 unspecified atom stereocenters. The zero-order valence-electron chi connectivity index (χ0n) is 15.6. The molecule has 2 aromatic rings. The van der Waals surface area contributed by atoms with Gasteiger partial charge in [0.25, 0.3) is 0 Å². The van der Waals surface area contributed by atoms with Gasteiger partial charge in [0.2, 0.25) is 5.95 Å². The molecule has 26 heavy (non-hydrogen) atoms. The van der Waals surface area contributed by atoms with E-state index in [-0.39, 0.29) is 0 Å². The lowest BCUT2D eigenvalue weighted by molar-refractivity contribution is 0.270. The lowest BCUT2D eigenvalue weighted by atomic mass is 10.2. The molecular weight excluding hydrogens is 324 g/mol. The van der Waals surface area contributed by atoms with Crippen LogP contribution in [-0.2, 0) is 0 Å². The number of hydrogen-bond donors (Lipinski definition) is 0. The molecule has 1 aromatic heterocycles. The van der Waals surface area contributed by atoms with Gasteiger partial charge in [0, 0.05) is 64.2 Å². The van der Waals surface area contributed by atoms with Gasteiger partial charge in [0.15, 0.2) is 0 Å². The van der Waals surface area contributed by atoms with E-state index in [1.165, 1.54) is 5.69 Å². The molecule has 2 fully saturated rings. The summed E-state index contributed by atoms with van der Waals surface area (Å²) >= 11 is 0. The number of benzene rings is 1. The summed E-state index contributed by atoms with van der Waals surface area (Å²) in [5, 5.41) is 0. The summed E-state index contributed by atoms with van der Waals surface area (Å²) in [6, 6.07) is 12.7. The normalized spacial score (nSPS) is 19.0. The van der Waals surface area contributed by atoms with E-state index in [1.807, 2.05) is 12.3 Å². The minimum Gasteiger partial charge on any atom is -0.368 e. The van der Waals surface area contributed by atoms with Crippen molar-refractivity contribution < 1.29 is 0 Å². The van der Waals surface area contributed by atoms with E-state index in [0.29, 0.717) is 0 Å². The van der Waals surface area contributed by atoms with Crippen molar-refractivity contribution in [2.45, 2.75) is 6.92 Å². The van der Waals surface area contributed by atoms with E-state index in [9.17, 15) is 0 Å². The largest absolute Gasteiger partial charge is 0.368 e. The van der Waals surface area contributed by atoms with Crippen LogP contribution in [0.25, 0.3) is 0 Å². The first-order chi connectivity index (χ1) is 12.8. The fourth-order valence-electron chi connectivity index (χ4n) is 3.76. The smallest absolute Gasteiger partial charge is 0.227 e. The van der Waals surface area contributed by atoms with E-state index in [2.05, 4.69) is 61.8 Å². The maximum absolute atomic E-state index is 4.87. The maximum Gasteiger partial charge on any atom is 0.227 e. The Kier molecular flexibility index (Phi) is 5.20. The Morgan fingerprint density at radius 2 is 1.42 bits per heavy atom. The van der Waals surface area contributed by atoms with Crippen LogP contribution in [-0.4, -0.2) is 73.8 Å². The molecule has 0 bridgehead atoms. The maximum atomic E-state index is 4.87. The summed E-state index contributed by atoms with van der Waals surface area (Å²) in [7, 11) is 0. The second-order valence-electron chi connectivity index (χ2n) is 6.95. The van der Waals surface area contributed by atoms with Crippen LogP contribution in [0, 0.1) is 0 Å². The summed E-state index contributed by atoms with van der Waals surface area (Å²) in [6.07, 6.45) is 1.91. The summed E-state index contributed by atoms with van der Waals surface area (Å²) in [5.74, 6) is 1.93. The van der Waals surface area contributed by atoms with Crippen molar-refractivity contribution >= 4 is 17.5 Å². The van der Waals surface area contributed by atoms with E-state index >= 15 is 0 Å². The number of hydrogen-bond acceptors (Lipinski definition) is 6. The minimum absolute atomic E-state index is 0.878. The van der Waals surface area contributed by atoms with Crippen molar-refractivity contribution in [2.75, 3.05) is 73.6 Å². The van der Waals surface area contributed by atoms with Crippen LogP contribution in [0.3, 0.4) is 0 Å². The standard InChI is InChI=1S/C20H28N6/c1-2-23-10-12-26(13-11-23)20-21-9-8-19(22-20)25-16-14-24(15-17-25)18-6-4-3-5-7-18/h3-9H,2,10-17H2,1H3. The average Bonchev–Trinajstić information content (AvgIpc) is 2.75. The van der Waals surface area contributed by atoms with E-state index in [0.717, 1.165) is 70.7 Å². The molecular formula is C20H28N6. The first kappa shape index (κ1) is 17.1. The molecule has 2 aliphatic heterocycles. The average molecular weight is 352 g/mol. The molecule has 0 N–H and O–H groups in total. The van der Waals surface area contributed by atoms with Gasteiger partial charge in [-0.25, -0.2) is 4.98 Å². The zero-order valence-corrected chi connectivity index (χ0v) is 15.6. The number of para-hydroxylation sites is 1. The van der Waals surface area contributed by atoms with Gasteiger partial charge in [-0.3, -0.25) is 0 Å². The molecule has 0 amide bonds. The summed E-state index contributed by atoms with van der Waals surface area (Å²) in [4.78, 5) is 19.0. The number of piperazine rings is 2. The number of anilines is 3. The first-order valence-corrected chi connectivity index (χ1v) is 9.69. The van der Waals surface area contributed by atoms with E-state index < -0.39 is 0 Å². The van der Waals surface area contributed by atoms with E-state index in [1.54, 1.807) is 0 Å². The Hall–Kier alpha value is -2.34. The topological polar surface area (TPSA) is 38.7 Å². The first-order valence-electron chi connectivity index (χ1n) is 9.69. The zero-order chi connectivity index (χ0) is 17.8. The Labute approximate surface area is 156 Å². The van der Waals surface area contributed by atoms with Crippen LogP contribution in [0.1, 0.15) is 6.92 Å². The van der Waals surface area contributed by atoms with Gasteiger partial charge in [0.05, 0.1) is 0 Å². The molecule has 2 saturated heterocycles. The van der Waals surface area contributed by atoms with Crippen LogP contribution >= 0.6 is 0 Å². The molecule has 0 radical (unpaired) electrons. The Morgan fingerprint density at radius 1 is 0.769 bits per heavy atom. The second kappa shape index (κ2) is 7.91. The van der Waals surface area contributed by atoms with Crippen molar-refractivity contribution in [3.8, 4) is 0 Å². The monoisotopic (exact) mass is 352 g/mol. The number of rotatable bonds is 4. The molecule has 0 spiro atoms. The highest BCUT2D eigenvalue weighted by Gasteiger charge is 2.21. The third-order valence-corrected chi connectivity index (χ3v) is 5.46. The summed E-state index contributed by atoms with van der Waals surface area (Å²) in [6.45, 7) is 11.6. The molecule has 0 aliphatic carbocycles. The third-order valence-electron chi connectivity index (χ3n) is 5.46. The number of likely N-dealkylation sites (N-methyl/N-ethyl adjacent to an activating group) is 1. The van der Waals surface area contributed by atoms with Crippen molar-refractivity contribution in [1.82, 2.24) is 14.9 Å². The fourth-order valence-corrected chi connectivity index (χ4v) is 3.76. The molecule has 3 heterocycles. The molecule has 0 saturated carbocycles. The van der Waals surface area contributed by atoms with Crippen molar-refractivity contribution in [2.24, 2.45) is 0 Å². The summed E-state index contributed by atoms with van der Waals surface area (Å²) < 4.78 is 0. The van der Waals surface area contributed by atoms with Gasteiger partial charge in [0.1, 0.15) is 5.82 Å². The Morgan fingerprint density at radius 3 is 2.12 bits per heavy atom. The highest BCUT2D eigenvalue weighted by atomic mass is 15.3. The van der Waals surface area contributed by atoms with Crippen molar-refractivity contribution in [1.29, 1.82) is 0 Å². The van der Waals surface area contributed by atoms with Crippen molar-refractivity contribution in [3.05, 3.63) is 42.6 Å². The van der Waals surface area contributed by atoms with Gasteiger partial charge in [-0.2, -0.15) is 4.98 Å². The van der Waals surface area contributed by atoms with Gasteiger partial charge >= 0.3 is 0 Å². The lowest BCUT2D eigenvalue weighted by Crippen LogP contribution is -2.48. The summed E-state index contributed by atoms with van der Waals surface area (Å²) in [5.41, 5.74) is 1.31. The van der Waals surface area contributed by atoms with Gasteiger partial charge < -0.3 is 19.6 Å². The van der Waals surface area contributed by atoms with Gasteiger partial charge in [-0.05, 0) is 24.7 Å². The molecule has 6 heteroatoms. The molecule has 1 aromatic carbocycles. The third kappa shape index (κ3) is 3.75. The van der Waals surface area contributed by atoms with Crippen LogP contribution in [0.4, 0.5) is 17.5 Å². The predicted molar refractivity (Wildman–Crippen MR) is 107 cm³/mol. The minimum atomic E-state index is 0.878. The van der Waals surface area contributed by atoms with Gasteiger partial charge in [-0.1, -0.05) is 25.1 Å². The van der Waals surface area contributed by atoms with Crippen LogP contribution in [0.15, 0.2) is 42.6 Å². The number of nitrogens with zero attached hydrogens (tertiary/aromatic N) is 6. The molecule has 138 valence electrons. The molecule has 2 aliphatic rings. The Balaban J connectivity index is 1.38. The van der Waals surface area contributed by atoms with E-state index in [4.69, 9.17) is 4.98 Å². The molecule has 6 nitrogen and oxygen atoms in total. The highest BCUT2D eigenvalue weighted by Crippen LogP contribution is 2.20. The molecule has 4 rings (SSSR count).